The van der Waals surface area contributed by atoms with Crippen LogP contribution >= 0.6 is 11.8 Å². The lowest BCUT2D eigenvalue weighted by atomic mass is 10.1. The van der Waals surface area contributed by atoms with E-state index in [1.807, 2.05) is 4.90 Å². The van der Waals surface area contributed by atoms with Crippen molar-refractivity contribution in [3.8, 4) is 0 Å². The van der Waals surface area contributed by atoms with Gasteiger partial charge in [0.2, 0.25) is 0 Å². The van der Waals surface area contributed by atoms with Crippen molar-refractivity contribution in [3.05, 3.63) is 48.0 Å². The molecule has 0 saturated carbocycles. The molecule has 1 aromatic carbocycles. The summed E-state index contributed by atoms with van der Waals surface area (Å²) in [6.07, 6.45) is 1.26. The van der Waals surface area contributed by atoms with Crippen LogP contribution in [0.1, 0.15) is 11.1 Å². The second-order valence-electron chi connectivity index (χ2n) is 5.89. The highest BCUT2D eigenvalue weighted by Crippen LogP contribution is 2.29. The monoisotopic (exact) mass is 344 g/mol. The molecule has 1 saturated heterocycles. The van der Waals surface area contributed by atoms with Gasteiger partial charge in [-0.3, -0.25) is 10.1 Å². The van der Waals surface area contributed by atoms with Gasteiger partial charge in [0.1, 0.15) is 0 Å². The van der Waals surface area contributed by atoms with E-state index in [9.17, 15) is 9.59 Å². The first-order valence-corrected chi connectivity index (χ1v) is 8.71. The highest BCUT2D eigenvalue weighted by molar-refractivity contribution is 8.13. The number of amidine groups is 1. The number of rotatable bonds is 4. The Labute approximate surface area is 145 Å². The maximum atomic E-state index is 12.3. The Morgan fingerprint density at radius 1 is 1.33 bits per heavy atom. The first-order valence-electron chi connectivity index (χ1n) is 7.72. The molecule has 24 heavy (non-hydrogen) atoms. The summed E-state index contributed by atoms with van der Waals surface area (Å²) >= 11 is 1.57. The van der Waals surface area contributed by atoms with Gasteiger partial charge < -0.3 is 9.80 Å². The summed E-state index contributed by atoms with van der Waals surface area (Å²) in [6.45, 7) is 6.33. The number of urea groups is 1. The van der Waals surface area contributed by atoms with Crippen LogP contribution < -0.4 is 5.32 Å². The minimum Gasteiger partial charge on any atom is -0.332 e. The number of hydrogen-bond acceptors (Lipinski definition) is 5. The second-order valence-corrected chi connectivity index (χ2v) is 6.83. The summed E-state index contributed by atoms with van der Waals surface area (Å²) in [5.74, 6) is 0.450. The Morgan fingerprint density at radius 2 is 2.04 bits per heavy atom. The zero-order valence-electron chi connectivity index (χ0n) is 13.7. The number of carbonyl (C=O) groups excluding carboxylic acids is 2. The van der Waals surface area contributed by atoms with Gasteiger partial charge in [-0.25, -0.2) is 9.79 Å². The van der Waals surface area contributed by atoms with E-state index in [2.05, 4.69) is 48.1 Å². The molecule has 0 spiro atoms. The van der Waals surface area contributed by atoms with Crippen molar-refractivity contribution in [1.82, 2.24) is 15.1 Å². The van der Waals surface area contributed by atoms with Crippen molar-refractivity contribution in [1.29, 1.82) is 0 Å². The Morgan fingerprint density at radius 3 is 2.71 bits per heavy atom. The van der Waals surface area contributed by atoms with E-state index in [1.54, 1.807) is 24.9 Å². The molecular formula is C17H20N4O2S. The van der Waals surface area contributed by atoms with Gasteiger partial charge in [0.25, 0.3) is 5.91 Å². The van der Waals surface area contributed by atoms with Gasteiger partial charge in [-0.2, -0.15) is 0 Å². The van der Waals surface area contributed by atoms with Gasteiger partial charge in [-0.1, -0.05) is 47.7 Å². The number of amides is 3. The van der Waals surface area contributed by atoms with Crippen LogP contribution in [0.2, 0.25) is 0 Å². The largest absolute Gasteiger partial charge is 0.332 e. The molecule has 126 valence electrons. The van der Waals surface area contributed by atoms with Crippen molar-refractivity contribution in [2.45, 2.75) is 24.9 Å². The molecule has 6 nitrogen and oxygen atoms in total. The first-order chi connectivity index (χ1) is 11.5. The molecule has 1 fully saturated rings. The standard InChI is InChI=1S/C17H20N4O2S/c1-4-9-21-13-14(20(3)16(23)19-15(13)22)18-17(21)24-10-12-7-5-11(2)6-8-12/h4-8,13-14H,1,9-10H2,2-3H3,(H,19,22,23). The molecule has 2 atom stereocenters. The number of carbonyl (C=O) groups is 2. The molecule has 3 rings (SSSR count). The molecule has 1 aromatic rings. The molecule has 7 heteroatoms. The molecule has 2 unspecified atom stereocenters. The Bertz CT molecular complexity index is 701. The molecule has 0 bridgehead atoms. The summed E-state index contributed by atoms with van der Waals surface area (Å²) in [5, 5.41) is 3.14. The van der Waals surface area contributed by atoms with Crippen LogP contribution in [0, 0.1) is 6.92 Å². The van der Waals surface area contributed by atoms with Crippen molar-refractivity contribution in [2.75, 3.05) is 13.6 Å². The summed E-state index contributed by atoms with van der Waals surface area (Å²) in [7, 11) is 1.66. The minimum atomic E-state index is -0.494. The summed E-state index contributed by atoms with van der Waals surface area (Å²) in [4.78, 5) is 32.1. The van der Waals surface area contributed by atoms with E-state index < -0.39 is 18.2 Å². The van der Waals surface area contributed by atoms with Crippen molar-refractivity contribution in [2.24, 2.45) is 4.99 Å². The van der Waals surface area contributed by atoms with Crippen molar-refractivity contribution in [3.63, 3.8) is 0 Å². The lowest BCUT2D eigenvalue weighted by molar-refractivity contribution is -0.126. The average Bonchev–Trinajstić information content (AvgIpc) is 2.92. The molecule has 0 radical (unpaired) electrons. The maximum Gasteiger partial charge on any atom is 0.325 e. The van der Waals surface area contributed by atoms with Crippen LogP contribution in [0.15, 0.2) is 41.9 Å². The number of likely N-dealkylation sites (N-methyl/N-ethyl adjacent to an activating group) is 1. The predicted molar refractivity (Wildman–Crippen MR) is 95.7 cm³/mol. The topological polar surface area (TPSA) is 65.0 Å². The minimum absolute atomic E-state index is 0.306. The zero-order chi connectivity index (χ0) is 17.3. The third-order valence-corrected chi connectivity index (χ3v) is 5.21. The molecule has 2 aliphatic rings. The molecule has 0 aromatic heterocycles. The number of nitrogens with one attached hydrogen (secondary N) is 1. The molecule has 1 N–H and O–H groups in total. The third kappa shape index (κ3) is 3.03. The number of aryl methyl sites for hydroxylation is 1. The molecule has 3 amide bonds. The van der Waals surface area contributed by atoms with Crippen LogP contribution in [0.25, 0.3) is 0 Å². The lowest BCUT2D eigenvalue weighted by Crippen LogP contribution is -2.63. The van der Waals surface area contributed by atoms with E-state index in [-0.39, 0.29) is 5.91 Å². The van der Waals surface area contributed by atoms with E-state index in [4.69, 9.17) is 0 Å². The summed E-state index contributed by atoms with van der Waals surface area (Å²) < 4.78 is 0. The van der Waals surface area contributed by atoms with Crippen LogP contribution in [0.5, 0.6) is 0 Å². The number of benzene rings is 1. The smallest absolute Gasteiger partial charge is 0.325 e. The van der Waals surface area contributed by atoms with E-state index in [0.29, 0.717) is 6.54 Å². The number of imide groups is 1. The van der Waals surface area contributed by atoms with Crippen LogP contribution in [0.3, 0.4) is 0 Å². The van der Waals surface area contributed by atoms with Gasteiger partial charge >= 0.3 is 6.03 Å². The average molecular weight is 344 g/mol. The van der Waals surface area contributed by atoms with Gasteiger partial charge in [-0.15, -0.1) is 6.58 Å². The Hall–Kier alpha value is -2.28. The van der Waals surface area contributed by atoms with E-state index in [0.717, 1.165) is 10.9 Å². The fourth-order valence-electron chi connectivity index (χ4n) is 2.78. The SMILES string of the molecule is C=CCN1C(SCc2ccc(C)cc2)=NC2C1C(=O)NC(=O)N2C. The Kier molecular flexibility index (Phi) is 4.62. The lowest BCUT2D eigenvalue weighted by Gasteiger charge is -2.35. The molecular weight excluding hydrogens is 324 g/mol. The third-order valence-electron chi connectivity index (χ3n) is 4.14. The summed E-state index contributed by atoms with van der Waals surface area (Å²) in [5.41, 5.74) is 2.41. The summed E-state index contributed by atoms with van der Waals surface area (Å²) in [6, 6.07) is 7.43. The molecule has 2 aliphatic heterocycles. The number of aliphatic imine (C=N–C) groups is 1. The normalized spacial score (nSPS) is 23.0. The maximum absolute atomic E-state index is 12.3. The van der Waals surface area contributed by atoms with Crippen LogP contribution in [-0.4, -0.2) is 52.7 Å². The number of hydrogen-bond donors (Lipinski definition) is 1. The highest BCUT2D eigenvalue weighted by atomic mass is 32.2. The van der Waals surface area contributed by atoms with Crippen molar-refractivity contribution >= 4 is 28.9 Å². The van der Waals surface area contributed by atoms with E-state index >= 15 is 0 Å². The van der Waals surface area contributed by atoms with Crippen LogP contribution in [0.4, 0.5) is 4.79 Å². The van der Waals surface area contributed by atoms with Gasteiger partial charge in [-0.05, 0) is 12.5 Å². The first kappa shape index (κ1) is 16.6. The molecule has 2 heterocycles. The fourth-order valence-corrected chi connectivity index (χ4v) is 3.81. The second kappa shape index (κ2) is 6.68. The van der Waals surface area contributed by atoms with Crippen LogP contribution in [-0.2, 0) is 10.5 Å². The van der Waals surface area contributed by atoms with Gasteiger partial charge in [0, 0.05) is 19.3 Å². The van der Waals surface area contributed by atoms with E-state index in [1.165, 1.54) is 16.0 Å². The number of fused-ring (bicyclic) bond motifs is 1. The van der Waals surface area contributed by atoms with Gasteiger partial charge in [0.05, 0.1) is 0 Å². The number of thioether (sulfide) groups is 1. The molecule has 0 aliphatic carbocycles. The quantitative estimate of drug-likeness (QED) is 0.848. The zero-order valence-corrected chi connectivity index (χ0v) is 14.5. The number of nitrogens with zero attached hydrogens (tertiary/aromatic N) is 3. The predicted octanol–water partition coefficient (Wildman–Crippen LogP) is 1.96. The Balaban J connectivity index is 1.79. The highest BCUT2D eigenvalue weighted by Gasteiger charge is 2.48. The van der Waals surface area contributed by atoms with Crippen molar-refractivity contribution < 1.29 is 9.59 Å². The fraction of sp³-hybridized carbons (Fsp3) is 0.353. The van der Waals surface area contributed by atoms with Gasteiger partial charge in [0.15, 0.2) is 17.4 Å².